The highest BCUT2D eigenvalue weighted by molar-refractivity contribution is 5.78. The molecular weight excluding hydrogens is 346 g/mol. The number of benzene rings is 1. The van der Waals surface area contributed by atoms with Gasteiger partial charge in [0.1, 0.15) is 5.75 Å². The number of piperidine rings is 1. The molecule has 0 bridgehead atoms. The van der Waals surface area contributed by atoms with Crippen LogP contribution in [0.2, 0.25) is 0 Å². The minimum atomic E-state index is -0.0244. The zero-order chi connectivity index (χ0) is 18.6. The van der Waals surface area contributed by atoms with Gasteiger partial charge in [0.05, 0.1) is 37.6 Å². The summed E-state index contributed by atoms with van der Waals surface area (Å²) in [5, 5.41) is 0.646. The number of ether oxygens (including phenoxy) is 3. The largest absolute Gasteiger partial charge is 0.497 e. The lowest BCUT2D eigenvalue weighted by Crippen LogP contribution is -2.37. The van der Waals surface area contributed by atoms with Gasteiger partial charge in [-0.1, -0.05) is 0 Å². The predicted molar refractivity (Wildman–Crippen MR) is 102 cm³/mol. The van der Waals surface area contributed by atoms with Gasteiger partial charge in [-0.25, -0.2) is 4.98 Å². The first kappa shape index (κ1) is 18.4. The number of nitrogens with zero attached hydrogens (tertiary/aromatic N) is 3. The molecule has 2 aliphatic heterocycles. The molecule has 146 valence electrons. The monoisotopic (exact) mass is 373 g/mol. The Morgan fingerprint density at radius 1 is 1.22 bits per heavy atom. The summed E-state index contributed by atoms with van der Waals surface area (Å²) in [5.74, 6) is 1.23. The lowest BCUT2D eigenvalue weighted by Gasteiger charge is -2.32. The highest BCUT2D eigenvalue weighted by Gasteiger charge is 2.22. The van der Waals surface area contributed by atoms with E-state index in [2.05, 4.69) is 9.88 Å². The summed E-state index contributed by atoms with van der Waals surface area (Å²) in [4.78, 5) is 19.7. The van der Waals surface area contributed by atoms with Gasteiger partial charge < -0.3 is 19.1 Å². The van der Waals surface area contributed by atoms with E-state index in [-0.39, 0.29) is 11.8 Å². The maximum absolute atomic E-state index is 12.8. The molecule has 0 aliphatic carbocycles. The van der Waals surface area contributed by atoms with Crippen molar-refractivity contribution in [2.45, 2.75) is 32.1 Å². The molecule has 0 N–H and O–H groups in total. The van der Waals surface area contributed by atoms with Crippen LogP contribution in [0.4, 0.5) is 0 Å². The number of hydrogen-bond donors (Lipinski definition) is 0. The topological polar surface area (TPSA) is 65.8 Å². The second-order valence-corrected chi connectivity index (χ2v) is 7.33. The molecule has 2 aliphatic rings. The summed E-state index contributed by atoms with van der Waals surface area (Å²) in [6.45, 7) is 5.30. The van der Waals surface area contributed by atoms with Gasteiger partial charge in [-0.05, 0) is 44.0 Å². The Morgan fingerprint density at radius 2 is 2.00 bits per heavy atom. The van der Waals surface area contributed by atoms with Gasteiger partial charge in [0, 0.05) is 25.6 Å². The van der Waals surface area contributed by atoms with Crippen LogP contribution in [0.15, 0.2) is 29.3 Å². The molecule has 2 fully saturated rings. The fourth-order valence-electron chi connectivity index (χ4n) is 3.93. The molecule has 2 aromatic rings. The van der Waals surface area contributed by atoms with Crippen LogP contribution in [-0.4, -0.2) is 60.7 Å². The van der Waals surface area contributed by atoms with Crippen LogP contribution in [0.3, 0.4) is 0 Å². The molecule has 3 heterocycles. The number of hydrogen-bond acceptors (Lipinski definition) is 6. The van der Waals surface area contributed by atoms with Crippen molar-refractivity contribution >= 4 is 10.9 Å². The third-order valence-corrected chi connectivity index (χ3v) is 5.57. The Kier molecular flexibility index (Phi) is 5.71. The Labute approximate surface area is 158 Å². The average molecular weight is 373 g/mol. The van der Waals surface area contributed by atoms with E-state index in [0.717, 1.165) is 45.4 Å². The van der Waals surface area contributed by atoms with E-state index in [0.29, 0.717) is 35.8 Å². The molecule has 0 saturated carbocycles. The lowest BCUT2D eigenvalue weighted by atomic mass is 9.96. The first-order valence-electron chi connectivity index (χ1n) is 9.71. The minimum Gasteiger partial charge on any atom is -0.497 e. The van der Waals surface area contributed by atoms with Gasteiger partial charge in [0.15, 0.2) is 6.29 Å². The summed E-state index contributed by atoms with van der Waals surface area (Å²) in [6, 6.07) is 5.42. The first-order valence-corrected chi connectivity index (χ1v) is 9.71. The molecule has 1 aromatic carbocycles. The average Bonchev–Trinajstić information content (AvgIpc) is 3.23. The summed E-state index contributed by atoms with van der Waals surface area (Å²) in [5.41, 5.74) is 0.711. The first-order chi connectivity index (χ1) is 13.2. The fourth-order valence-corrected chi connectivity index (χ4v) is 3.93. The van der Waals surface area contributed by atoms with Crippen LogP contribution < -0.4 is 10.3 Å². The third-order valence-electron chi connectivity index (χ3n) is 5.57. The zero-order valence-electron chi connectivity index (χ0n) is 15.8. The summed E-state index contributed by atoms with van der Waals surface area (Å²) in [7, 11) is 1.61. The normalized spacial score (nSPS) is 19.7. The van der Waals surface area contributed by atoms with Gasteiger partial charge in [0.25, 0.3) is 5.56 Å². The molecule has 27 heavy (non-hydrogen) atoms. The molecule has 0 spiro atoms. The minimum absolute atomic E-state index is 0.0244. The maximum atomic E-state index is 12.8. The summed E-state index contributed by atoms with van der Waals surface area (Å²) >= 11 is 0. The van der Waals surface area contributed by atoms with Crippen LogP contribution in [0.25, 0.3) is 10.9 Å². The number of likely N-dealkylation sites (tertiary alicyclic amines) is 1. The number of fused-ring (bicyclic) bond motifs is 1. The van der Waals surface area contributed by atoms with Crippen molar-refractivity contribution in [2.75, 3.05) is 40.0 Å². The van der Waals surface area contributed by atoms with Crippen LogP contribution >= 0.6 is 0 Å². The SMILES string of the molecule is COc1ccc2c(=O)n(CC3CCN(CCC4OCCO4)CC3)cnc2c1. The van der Waals surface area contributed by atoms with E-state index in [9.17, 15) is 4.79 Å². The van der Waals surface area contributed by atoms with E-state index in [4.69, 9.17) is 14.2 Å². The molecule has 0 atom stereocenters. The van der Waals surface area contributed by atoms with Crippen molar-refractivity contribution in [3.05, 3.63) is 34.9 Å². The van der Waals surface area contributed by atoms with Crippen molar-refractivity contribution in [3.63, 3.8) is 0 Å². The van der Waals surface area contributed by atoms with Crippen molar-refractivity contribution in [3.8, 4) is 5.75 Å². The van der Waals surface area contributed by atoms with E-state index < -0.39 is 0 Å². The maximum Gasteiger partial charge on any atom is 0.261 e. The Bertz CT molecular complexity index is 824. The molecule has 0 unspecified atom stereocenters. The van der Waals surface area contributed by atoms with Gasteiger partial charge in [-0.3, -0.25) is 9.36 Å². The molecule has 4 rings (SSSR count). The van der Waals surface area contributed by atoms with Crippen LogP contribution in [0.5, 0.6) is 5.75 Å². The van der Waals surface area contributed by atoms with E-state index in [1.54, 1.807) is 30.1 Å². The number of aromatic nitrogens is 2. The zero-order valence-corrected chi connectivity index (χ0v) is 15.8. The summed E-state index contributed by atoms with van der Waals surface area (Å²) in [6.07, 6.45) is 4.77. The third kappa shape index (κ3) is 4.31. The van der Waals surface area contributed by atoms with Gasteiger partial charge in [0.2, 0.25) is 0 Å². The van der Waals surface area contributed by atoms with Crippen molar-refractivity contribution in [1.29, 1.82) is 0 Å². The van der Waals surface area contributed by atoms with Gasteiger partial charge in [-0.15, -0.1) is 0 Å². The Hall–Kier alpha value is -1.96. The van der Waals surface area contributed by atoms with E-state index in [1.807, 2.05) is 6.07 Å². The smallest absolute Gasteiger partial charge is 0.261 e. The van der Waals surface area contributed by atoms with Crippen LogP contribution in [-0.2, 0) is 16.0 Å². The highest BCUT2D eigenvalue weighted by Crippen LogP contribution is 2.21. The molecular formula is C20H27N3O4. The van der Waals surface area contributed by atoms with Crippen molar-refractivity contribution < 1.29 is 14.2 Å². The summed E-state index contributed by atoms with van der Waals surface area (Å²) < 4.78 is 18.0. The molecule has 7 nitrogen and oxygen atoms in total. The molecule has 0 amide bonds. The number of methoxy groups -OCH3 is 1. The molecule has 0 radical (unpaired) electrons. The molecule has 7 heteroatoms. The fraction of sp³-hybridized carbons (Fsp3) is 0.600. The van der Waals surface area contributed by atoms with Crippen molar-refractivity contribution in [1.82, 2.24) is 14.5 Å². The Balaban J connectivity index is 1.33. The van der Waals surface area contributed by atoms with Crippen LogP contribution in [0.1, 0.15) is 19.3 Å². The van der Waals surface area contributed by atoms with Gasteiger partial charge >= 0.3 is 0 Å². The predicted octanol–water partition coefficient (Wildman–Crippen LogP) is 1.88. The second kappa shape index (κ2) is 8.37. The standard InChI is InChI=1S/C20H27N3O4/c1-25-16-2-3-17-18(12-16)21-14-23(20(17)24)13-15-4-7-22(8-5-15)9-6-19-26-10-11-27-19/h2-3,12,14-15,19H,4-11,13H2,1H3. The van der Waals surface area contributed by atoms with Gasteiger partial charge in [-0.2, -0.15) is 0 Å². The molecule has 2 saturated heterocycles. The lowest BCUT2D eigenvalue weighted by molar-refractivity contribution is -0.0528. The second-order valence-electron chi connectivity index (χ2n) is 7.33. The van der Waals surface area contributed by atoms with E-state index >= 15 is 0 Å². The van der Waals surface area contributed by atoms with Crippen molar-refractivity contribution in [2.24, 2.45) is 5.92 Å². The molecule has 1 aromatic heterocycles. The van der Waals surface area contributed by atoms with E-state index in [1.165, 1.54) is 0 Å². The number of rotatable bonds is 6. The quantitative estimate of drug-likeness (QED) is 0.770. The Morgan fingerprint density at radius 3 is 2.74 bits per heavy atom. The highest BCUT2D eigenvalue weighted by atomic mass is 16.7. The van der Waals surface area contributed by atoms with Crippen LogP contribution in [0, 0.1) is 5.92 Å².